The minimum atomic E-state index is -3.95. The van der Waals surface area contributed by atoms with Crippen LogP contribution in [-0.2, 0) is 19.6 Å². The lowest BCUT2D eigenvalue weighted by atomic mass is 10.2. The van der Waals surface area contributed by atoms with E-state index in [-0.39, 0.29) is 11.0 Å². The summed E-state index contributed by atoms with van der Waals surface area (Å²) < 4.78 is 32.3. The Labute approximate surface area is 153 Å². The molecule has 0 unspecified atom stereocenters. The van der Waals surface area contributed by atoms with Gasteiger partial charge in [0.1, 0.15) is 6.54 Å². The Bertz CT molecular complexity index is 851. The molecular formula is C18H20ClNO4S. The Hall–Kier alpha value is -2.05. The van der Waals surface area contributed by atoms with Crippen molar-refractivity contribution in [1.29, 1.82) is 0 Å². The lowest BCUT2D eigenvalue weighted by molar-refractivity contribution is -0.145. The average molecular weight is 382 g/mol. The van der Waals surface area contributed by atoms with E-state index in [4.69, 9.17) is 16.3 Å². The highest BCUT2D eigenvalue weighted by Crippen LogP contribution is 2.30. The van der Waals surface area contributed by atoms with Crippen molar-refractivity contribution in [2.24, 2.45) is 0 Å². The number of hydrogen-bond donors (Lipinski definition) is 0. The van der Waals surface area contributed by atoms with Gasteiger partial charge in [0.2, 0.25) is 0 Å². The molecule has 2 aromatic rings. The second-order valence-electron chi connectivity index (χ2n) is 5.75. The first-order valence-corrected chi connectivity index (χ1v) is 9.57. The summed E-state index contributed by atoms with van der Waals surface area (Å²) in [6.07, 6.45) is -0.339. The maximum absolute atomic E-state index is 13.1. The highest BCUT2D eigenvalue weighted by molar-refractivity contribution is 7.92. The minimum absolute atomic E-state index is 0.0896. The molecule has 2 rings (SSSR count). The normalized spacial score (nSPS) is 11.4. The van der Waals surface area contributed by atoms with E-state index >= 15 is 0 Å². The fourth-order valence-electron chi connectivity index (χ4n) is 2.30. The van der Waals surface area contributed by atoms with Gasteiger partial charge >= 0.3 is 5.97 Å². The van der Waals surface area contributed by atoms with Crippen LogP contribution in [0.1, 0.15) is 19.4 Å². The molecule has 0 saturated carbocycles. The number of carbonyl (C=O) groups excluding carboxylic acids is 1. The number of anilines is 1. The second kappa shape index (κ2) is 7.89. The molecule has 134 valence electrons. The minimum Gasteiger partial charge on any atom is -0.462 e. The van der Waals surface area contributed by atoms with Gasteiger partial charge in [0.15, 0.2) is 0 Å². The Kier molecular flexibility index (Phi) is 6.08. The molecule has 0 aliphatic carbocycles. The number of rotatable bonds is 6. The molecule has 25 heavy (non-hydrogen) atoms. The van der Waals surface area contributed by atoms with Crippen LogP contribution in [0.15, 0.2) is 53.4 Å². The number of esters is 1. The van der Waals surface area contributed by atoms with E-state index in [1.165, 1.54) is 12.1 Å². The second-order valence-corrected chi connectivity index (χ2v) is 8.02. The molecule has 7 heteroatoms. The van der Waals surface area contributed by atoms with Gasteiger partial charge in [-0.1, -0.05) is 35.9 Å². The summed E-state index contributed by atoms with van der Waals surface area (Å²) in [5, 5.41) is 0.419. The molecule has 5 nitrogen and oxygen atoms in total. The fourth-order valence-corrected chi connectivity index (χ4v) is 3.96. The highest BCUT2D eigenvalue weighted by atomic mass is 35.5. The monoisotopic (exact) mass is 381 g/mol. The van der Waals surface area contributed by atoms with Crippen molar-refractivity contribution < 1.29 is 17.9 Å². The molecule has 0 N–H and O–H groups in total. The third-order valence-corrected chi connectivity index (χ3v) is 5.66. The number of halogens is 1. The van der Waals surface area contributed by atoms with Crippen LogP contribution in [0.3, 0.4) is 0 Å². The van der Waals surface area contributed by atoms with Gasteiger partial charge in [0.05, 0.1) is 16.7 Å². The van der Waals surface area contributed by atoms with Gasteiger partial charge in [0.25, 0.3) is 10.0 Å². The van der Waals surface area contributed by atoms with E-state index in [0.29, 0.717) is 16.3 Å². The number of benzene rings is 2. The van der Waals surface area contributed by atoms with Crippen molar-refractivity contribution in [3.8, 4) is 0 Å². The van der Waals surface area contributed by atoms with E-state index < -0.39 is 22.5 Å². The molecule has 0 aromatic heterocycles. The Morgan fingerprint density at radius 1 is 1.12 bits per heavy atom. The molecule has 0 radical (unpaired) electrons. The lowest BCUT2D eigenvalue weighted by Crippen LogP contribution is -2.37. The van der Waals surface area contributed by atoms with Crippen molar-refractivity contribution in [3.63, 3.8) is 0 Å². The van der Waals surface area contributed by atoms with Crippen LogP contribution in [-0.4, -0.2) is 27.0 Å². The molecule has 0 atom stereocenters. The van der Waals surface area contributed by atoms with Gasteiger partial charge in [-0.3, -0.25) is 9.10 Å². The molecule has 0 amide bonds. The quantitative estimate of drug-likeness (QED) is 0.714. The predicted molar refractivity (Wildman–Crippen MR) is 98.4 cm³/mol. The van der Waals surface area contributed by atoms with E-state index in [9.17, 15) is 13.2 Å². The summed E-state index contributed by atoms with van der Waals surface area (Å²) in [6.45, 7) is 4.69. The van der Waals surface area contributed by atoms with Crippen LogP contribution in [0.5, 0.6) is 0 Å². The first kappa shape index (κ1) is 19.3. The van der Waals surface area contributed by atoms with Crippen molar-refractivity contribution in [2.45, 2.75) is 31.8 Å². The number of nitrogens with zero attached hydrogens (tertiary/aromatic N) is 1. The van der Waals surface area contributed by atoms with Gasteiger partial charge in [0, 0.05) is 5.02 Å². The maximum atomic E-state index is 13.1. The molecule has 0 spiro atoms. The molecule has 0 aliphatic rings. The molecule has 0 heterocycles. The molecule has 2 aromatic carbocycles. The molecule has 0 saturated heterocycles. The largest absolute Gasteiger partial charge is 0.462 e. The van der Waals surface area contributed by atoms with Crippen LogP contribution in [0.25, 0.3) is 0 Å². The number of carbonyl (C=O) groups is 1. The van der Waals surface area contributed by atoms with E-state index in [1.807, 2.05) is 0 Å². The summed E-state index contributed by atoms with van der Waals surface area (Å²) in [6, 6.07) is 12.9. The Balaban J connectivity index is 2.53. The fraction of sp³-hybridized carbons (Fsp3) is 0.278. The van der Waals surface area contributed by atoms with Crippen LogP contribution < -0.4 is 4.31 Å². The van der Waals surface area contributed by atoms with E-state index in [1.54, 1.807) is 57.2 Å². The molecular weight excluding hydrogens is 362 g/mol. The summed E-state index contributed by atoms with van der Waals surface area (Å²) in [5.74, 6) is -0.631. The Morgan fingerprint density at radius 2 is 1.76 bits per heavy atom. The van der Waals surface area contributed by atoms with E-state index in [0.717, 1.165) is 4.31 Å². The van der Waals surface area contributed by atoms with Crippen LogP contribution >= 0.6 is 11.6 Å². The number of sulfonamides is 1. The predicted octanol–water partition coefficient (Wildman–Crippen LogP) is 3.80. The van der Waals surface area contributed by atoms with Crippen molar-refractivity contribution in [2.75, 3.05) is 10.8 Å². The van der Waals surface area contributed by atoms with Gasteiger partial charge in [-0.25, -0.2) is 8.42 Å². The standard InChI is InChI=1S/C18H20ClNO4S/c1-13(2)24-18(21)12-20(17-11-7-10-16(19)14(17)3)25(22,23)15-8-5-4-6-9-15/h4-11,13H,12H2,1-3H3. The SMILES string of the molecule is Cc1c(Cl)cccc1N(CC(=O)OC(C)C)S(=O)(=O)c1ccccc1. The summed E-state index contributed by atoms with van der Waals surface area (Å²) in [5.41, 5.74) is 0.915. The number of ether oxygens (including phenoxy) is 1. The topological polar surface area (TPSA) is 63.7 Å². The first-order chi connectivity index (χ1) is 11.7. The zero-order valence-electron chi connectivity index (χ0n) is 14.3. The summed E-state index contributed by atoms with van der Waals surface area (Å²) >= 11 is 6.14. The third kappa shape index (κ3) is 4.52. The lowest BCUT2D eigenvalue weighted by Gasteiger charge is -2.26. The van der Waals surface area contributed by atoms with E-state index in [2.05, 4.69) is 0 Å². The van der Waals surface area contributed by atoms with Crippen molar-refractivity contribution >= 4 is 33.3 Å². The van der Waals surface area contributed by atoms with Gasteiger partial charge in [-0.05, 0) is 50.6 Å². The summed E-state index contributed by atoms with van der Waals surface area (Å²) in [7, 11) is -3.95. The van der Waals surface area contributed by atoms with Gasteiger partial charge in [-0.2, -0.15) is 0 Å². The highest BCUT2D eigenvalue weighted by Gasteiger charge is 2.29. The smallest absolute Gasteiger partial charge is 0.327 e. The maximum Gasteiger partial charge on any atom is 0.327 e. The van der Waals surface area contributed by atoms with Crippen molar-refractivity contribution in [3.05, 3.63) is 59.1 Å². The van der Waals surface area contributed by atoms with Crippen molar-refractivity contribution in [1.82, 2.24) is 0 Å². The van der Waals surface area contributed by atoms with Crippen LogP contribution in [0.4, 0.5) is 5.69 Å². The molecule has 0 bridgehead atoms. The zero-order valence-corrected chi connectivity index (χ0v) is 15.8. The molecule has 0 fully saturated rings. The number of hydrogen-bond acceptors (Lipinski definition) is 4. The first-order valence-electron chi connectivity index (χ1n) is 7.76. The van der Waals surface area contributed by atoms with Gasteiger partial charge in [-0.15, -0.1) is 0 Å². The zero-order chi connectivity index (χ0) is 18.6. The Morgan fingerprint density at radius 3 is 2.36 bits per heavy atom. The van der Waals surface area contributed by atoms with Crippen LogP contribution in [0, 0.1) is 6.92 Å². The average Bonchev–Trinajstić information content (AvgIpc) is 2.55. The van der Waals surface area contributed by atoms with Crippen LogP contribution in [0.2, 0.25) is 5.02 Å². The molecule has 0 aliphatic heterocycles. The van der Waals surface area contributed by atoms with Gasteiger partial charge < -0.3 is 4.74 Å². The third-order valence-electron chi connectivity index (χ3n) is 3.48. The summed E-state index contributed by atoms with van der Waals surface area (Å²) in [4.78, 5) is 12.2.